The van der Waals surface area contributed by atoms with Gasteiger partial charge in [0.05, 0.1) is 11.8 Å². The third kappa shape index (κ3) is 2.93. The van der Waals surface area contributed by atoms with Crippen LogP contribution in [0.15, 0.2) is 24.3 Å². The van der Waals surface area contributed by atoms with Crippen molar-refractivity contribution in [3.8, 4) is 17.3 Å². The van der Waals surface area contributed by atoms with Crippen LogP contribution in [0.25, 0.3) is 11.3 Å². The van der Waals surface area contributed by atoms with Crippen LogP contribution in [-0.2, 0) is 18.3 Å². The average molecular weight is 336 g/mol. The molecule has 0 spiro atoms. The second-order valence-electron chi connectivity index (χ2n) is 6.20. The first-order chi connectivity index (χ1) is 12.1. The fourth-order valence-electron chi connectivity index (χ4n) is 3.23. The molecule has 1 N–H and O–H groups in total. The first kappa shape index (κ1) is 16.9. The number of rotatable bonds is 6. The number of ketones is 1. The number of carbonyl (C=O) groups is 2. The Bertz CT molecular complexity index is 876. The van der Waals surface area contributed by atoms with Crippen LogP contribution >= 0.6 is 0 Å². The van der Waals surface area contributed by atoms with E-state index in [1.165, 1.54) is 0 Å². The Balaban J connectivity index is 1.89. The van der Waals surface area contributed by atoms with Gasteiger partial charge < -0.3 is 5.32 Å². The van der Waals surface area contributed by atoms with Gasteiger partial charge in [-0.15, -0.1) is 0 Å². The lowest BCUT2D eigenvalue weighted by Gasteiger charge is -2.08. The van der Waals surface area contributed by atoms with Crippen LogP contribution in [-0.4, -0.2) is 28.0 Å². The Morgan fingerprint density at radius 3 is 2.88 bits per heavy atom. The molecule has 25 heavy (non-hydrogen) atoms. The lowest BCUT2D eigenvalue weighted by atomic mass is 9.98. The van der Waals surface area contributed by atoms with Gasteiger partial charge in [-0.25, -0.2) is 0 Å². The highest BCUT2D eigenvalue weighted by Crippen LogP contribution is 2.38. The zero-order valence-electron chi connectivity index (χ0n) is 14.4. The van der Waals surface area contributed by atoms with Gasteiger partial charge in [-0.2, -0.15) is 10.4 Å². The van der Waals surface area contributed by atoms with Gasteiger partial charge in [0, 0.05) is 31.1 Å². The number of hydrogen-bond acceptors (Lipinski definition) is 4. The minimum Gasteiger partial charge on any atom is -0.355 e. The van der Waals surface area contributed by atoms with Gasteiger partial charge in [-0.05, 0) is 12.0 Å². The van der Waals surface area contributed by atoms with Crippen LogP contribution in [0.2, 0.25) is 0 Å². The quantitative estimate of drug-likeness (QED) is 0.425. The Morgan fingerprint density at radius 2 is 2.16 bits per heavy atom. The smallest absolute Gasteiger partial charge is 0.245 e. The highest BCUT2D eigenvalue weighted by molar-refractivity contribution is 6.12. The van der Waals surface area contributed by atoms with Crippen LogP contribution in [0.3, 0.4) is 0 Å². The molecular weight excluding hydrogens is 316 g/mol. The van der Waals surface area contributed by atoms with Crippen LogP contribution in [0, 0.1) is 17.2 Å². The maximum atomic E-state index is 12.8. The number of fused-ring (bicyclic) bond motifs is 3. The number of nitrogens with zero attached hydrogens (tertiary/aromatic N) is 3. The van der Waals surface area contributed by atoms with E-state index >= 15 is 0 Å². The summed E-state index contributed by atoms with van der Waals surface area (Å²) in [5.74, 6) is -2.43. The molecule has 1 amide bonds. The Kier molecular flexibility index (Phi) is 4.66. The SMILES string of the molecule is CCCCNC(=O)C(C#N)C(=O)c1nn(C)c2c1Cc1ccccc1-2. The molecule has 1 unspecified atom stereocenters. The first-order valence-corrected chi connectivity index (χ1v) is 8.44. The minimum absolute atomic E-state index is 0.228. The minimum atomic E-state index is -1.36. The zero-order valence-corrected chi connectivity index (χ0v) is 14.4. The van der Waals surface area contributed by atoms with Crippen molar-refractivity contribution in [3.63, 3.8) is 0 Å². The van der Waals surface area contributed by atoms with Crippen molar-refractivity contribution in [3.05, 3.63) is 41.1 Å². The van der Waals surface area contributed by atoms with Crippen molar-refractivity contribution in [2.75, 3.05) is 6.54 Å². The lowest BCUT2D eigenvalue weighted by Crippen LogP contribution is -2.35. The number of nitriles is 1. The average Bonchev–Trinajstić information content (AvgIpc) is 3.13. The van der Waals surface area contributed by atoms with Crippen molar-refractivity contribution in [1.29, 1.82) is 5.26 Å². The van der Waals surface area contributed by atoms with E-state index in [9.17, 15) is 14.9 Å². The second-order valence-corrected chi connectivity index (χ2v) is 6.20. The predicted octanol–water partition coefficient (Wildman–Crippen LogP) is 2.23. The second kappa shape index (κ2) is 6.89. The molecule has 1 aliphatic carbocycles. The number of nitrogens with one attached hydrogen (secondary N) is 1. The van der Waals surface area contributed by atoms with Gasteiger partial charge in [-0.3, -0.25) is 14.3 Å². The third-order valence-corrected chi connectivity index (χ3v) is 4.50. The van der Waals surface area contributed by atoms with E-state index in [1.807, 2.05) is 37.3 Å². The highest BCUT2D eigenvalue weighted by Gasteiger charge is 2.35. The molecule has 1 aromatic heterocycles. The van der Waals surface area contributed by atoms with Crippen LogP contribution < -0.4 is 5.32 Å². The molecule has 6 heteroatoms. The largest absolute Gasteiger partial charge is 0.355 e. The number of unbranched alkanes of at least 4 members (excludes halogenated alkanes) is 1. The molecule has 0 radical (unpaired) electrons. The summed E-state index contributed by atoms with van der Waals surface area (Å²) in [5, 5.41) is 16.3. The van der Waals surface area contributed by atoms with Gasteiger partial charge in [0.2, 0.25) is 11.7 Å². The van der Waals surface area contributed by atoms with Crippen molar-refractivity contribution >= 4 is 11.7 Å². The van der Waals surface area contributed by atoms with E-state index < -0.39 is 17.6 Å². The Labute approximate surface area is 146 Å². The number of aryl methyl sites for hydroxylation is 1. The molecule has 0 saturated heterocycles. The number of benzene rings is 1. The maximum absolute atomic E-state index is 12.8. The van der Waals surface area contributed by atoms with Gasteiger partial charge in [0.15, 0.2) is 5.92 Å². The highest BCUT2D eigenvalue weighted by atomic mass is 16.2. The number of carbonyl (C=O) groups excluding carboxylic acids is 2. The fraction of sp³-hybridized carbons (Fsp3) is 0.368. The molecule has 128 valence electrons. The predicted molar refractivity (Wildman–Crippen MR) is 92.8 cm³/mol. The van der Waals surface area contributed by atoms with Crippen molar-refractivity contribution in [2.24, 2.45) is 13.0 Å². The first-order valence-electron chi connectivity index (χ1n) is 8.44. The molecule has 2 aromatic rings. The summed E-state index contributed by atoms with van der Waals surface area (Å²) in [6.45, 7) is 2.47. The summed E-state index contributed by atoms with van der Waals surface area (Å²) in [4.78, 5) is 25.0. The Morgan fingerprint density at radius 1 is 1.40 bits per heavy atom. The normalized spacial score (nSPS) is 12.8. The van der Waals surface area contributed by atoms with Gasteiger partial charge >= 0.3 is 0 Å². The summed E-state index contributed by atoms with van der Waals surface area (Å²) in [6, 6.07) is 9.75. The van der Waals surface area contributed by atoms with Crippen LogP contribution in [0.5, 0.6) is 0 Å². The maximum Gasteiger partial charge on any atom is 0.245 e. The van der Waals surface area contributed by atoms with E-state index in [1.54, 1.807) is 11.7 Å². The van der Waals surface area contributed by atoms with Crippen molar-refractivity contribution in [2.45, 2.75) is 26.2 Å². The molecular formula is C19H20N4O2. The monoisotopic (exact) mass is 336 g/mol. The summed E-state index contributed by atoms with van der Waals surface area (Å²) in [6.07, 6.45) is 2.33. The van der Waals surface area contributed by atoms with E-state index in [0.717, 1.165) is 35.2 Å². The summed E-state index contributed by atoms with van der Waals surface area (Å²) in [7, 11) is 1.78. The van der Waals surface area contributed by atoms with Gasteiger partial charge in [0.1, 0.15) is 5.69 Å². The summed E-state index contributed by atoms with van der Waals surface area (Å²) >= 11 is 0. The molecule has 6 nitrogen and oxygen atoms in total. The van der Waals surface area contributed by atoms with Crippen LogP contribution in [0.4, 0.5) is 0 Å². The molecule has 1 atom stereocenters. The summed E-state index contributed by atoms with van der Waals surface area (Å²) in [5.41, 5.74) is 4.09. The van der Waals surface area contributed by atoms with E-state index in [2.05, 4.69) is 10.4 Å². The third-order valence-electron chi connectivity index (χ3n) is 4.50. The lowest BCUT2D eigenvalue weighted by molar-refractivity contribution is -0.122. The van der Waals surface area contributed by atoms with Crippen molar-refractivity contribution in [1.82, 2.24) is 15.1 Å². The topological polar surface area (TPSA) is 87.8 Å². The number of Topliss-reactive ketones (excluding diaryl/α,β-unsaturated/α-hetero) is 1. The molecule has 1 aliphatic rings. The van der Waals surface area contributed by atoms with E-state index in [-0.39, 0.29) is 5.69 Å². The molecule has 0 bridgehead atoms. The van der Waals surface area contributed by atoms with Gasteiger partial charge in [-0.1, -0.05) is 37.6 Å². The number of hydrogen-bond donors (Lipinski definition) is 1. The standard InChI is InChI=1S/C19H20N4O2/c1-3-4-9-21-19(25)15(11-20)18(24)16-14-10-12-7-5-6-8-13(12)17(14)23(2)22-16/h5-8,15H,3-4,9-10H2,1-2H3,(H,21,25). The molecule has 3 rings (SSSR count). The molecule has 0 fully saturated rings. The van der Waals surface area contributed by atoms with Crippen molar-refractivity contribution < 1.29 is 9.59 Å². The molecule has 1 heterocycles. The Hall–Kier alpha value is -2.94. The molecule has 1 aromatic carbocycles. The number of amides is 1. The molecule has 0 saturated carbocycles. The summed E-state index contributed by atoms with van der Waals surface area (Å²) < 4.78 is 1.66. The number of aromatic nitrogens is 2. The van der Waals surface area contributed by atoms with E-state index in [4.69, 9.17) is 0 Å². The van der Waals surface area contributed by atoms with Gasteiger partial charge in [0.25, 0.3) is 0 Å². The zero-order chi connectivity index (χ0) is 18.0. The fourth-order valence-corrected chi connectivity index (χ4v) is 3.23. The van der Waals surface area contributed by atoms with E-state index in [0.29, 0.717) is 13.0 Å². The molecule has 0 aliphatic heterocycles. The van der Waals surface area contributed by atoms with Crippen LogP contribution in [0.1, 0.15) is 41.4 Å².